The van der Waals surface area contributed by atoms with Gasteiger partial charge < -0.3 is 0 Å². The van der Waals surface area contributed by atoms with Gasteiger partial charge in [0.15, 0.2) is 5.82 Å². The lowest BCUT2D eigenvalue weighted by Crippen LogP contribution is -2.17. The smallest absolute Gasteiger partial charge is 0.262 e. The standard InChI is InChI=1S/C20H23N3O2S/c1-15-10-11-16(20(2,3)4)14-18(15)26(24,25)22-19-12-13-23(21-19)17-8-6-5-7-9-17/h5-14H,1-4H3,(H,21,22). The fourth-order valence-corrected chi connectivity index (χ4v) is 3.92. The summed E-state index contributed by atoms with van der Waals surface area (Å²) in [5.41, 5.74) is 2.41. The molecule has 0 unspecified atom stereocenters. The van der Waals surface area contributed by atoms with E-state index in [1.54, 1.807) is 29.9 Å². The summed E-state index contributed by atoms with van der Waals surface area (Å²) in [5.74, 6) is 0.286. The van der Waals surface area contributed by atoms with E-state index in [-0.39, 0.29) is 16.1 Å². The van der Waals surface area contributed by atoms with Crippen molar-refractivity contribution < 1.29 is 8.42 Å². The van der Waals surface area contributed by atoms with Crippen LogP contribution in [0.2, 0.25) is 0 Å². The van der Waals surface area contributed by atoms with Crippen molar-refractivity contribution in [1.82, 2.24) is 9.78 Å². The lowest BCUT2D eigenvalue weighted by atomic mass is 9.87. The van der Waals surface area contributed by atoms with Crippen LogP contribution in [0.15, 0.2) is 65.7 Å². The maximum absolute atomic E-state index is 12.9. The number of hydrogen-bond donors (Lipinski definition) is 1. The normalized spacial score (nSPS) is 12.2. The predicted molar refractivity (Wildman–Crippen MR) is 104 cm³/mol. The minimum absolute atomic E-state index is 0.132. The summed E-state index contributed by atoms with van der Waals surface area (Å²) in [7, 11) is -3.72. The molecule has 0 aliphatic heterocycles. The highest BCUT2D eigenvalue weighted by Crippen LogP contribution is 2.27. The van der Waals surface area contributed by atoms with Gasteiger partial charge in [0.25, 0.3) is 10.0 Å². The van der Waals surface area contributed by atoms with Gasteiger partial charge in [-0.2, -0.15) is 0 Å². The number of nitrogens with one attached hydrogen (secondary N) is 1. The molecule has 0 aliphatic carbocycles. The number of aromatic nitrogens is 2. The molecular formula is C20H23N3O2S. The molecule has 0 aliphatic rings. The summed E-state index contributed by atoms with van der Waals surface area (Å²) in [6, 6.07) is 16.7. The molecule has 0 saturated heterocycles. The van der Waals surface area contributed by atoms with Crippen LogP contribution in [0, 0.1) is 6.92 Å². The molecule has 3 aromatic rings. The van der Waals surface area contributed by atoms with E-state index >= 15 is 0 Å². The Balaban J connectivity index is 1.92. The fraction of sp³-hybridized carbons (Fsp3) is 0.250. The second-order valence-electron chi connectivity index (χ2n) is 7.32. The van der Waals surface area contributed by atoms with Gasteiger partial charge in [-0.15, -0.1) is 5.10 Å². The Morgan fingerprint density at radius 1 is 1.00 bits per heavy atom. The van der Waals surface area contributed by atoms with E-state index in [1.165, 1.54) is 0 Å². The van der Waals surface area contributed by atoms with E-state index in [9.17, 15) is 8.42 Å². The zero-order valence-corrected chi connectivity index (χ0v) is 16.2. The number of sulfonamides is 1. The third-order valence-corrected chi connectivity index (χ3v) is 5.69. The van der Waals surface area contributed by atoms with Gasteiger partial charge in [-0.3, -0.25) is 4.72 Å². The second-order valence-corrected chi connectivity index (χ2v) is 8.97. The molecule has 0 radical (unpaired) electrons. The summed E-state index contributed by atoms with van der Waals surface area (Å²) in [6.07, 6.45) is 1.73. The summed E-state index contributed by atoms with van der Waals surface area (Å²) in [6.45, 7) is 7.97. The maximum Gasteiger partial charge on any atom is 0.263 e. The molecule has 6 heteroatoms. The Hall–Kier alpha value is -2.60. The summed E-state index contributed by atoms with van der Waals surface area (Å²) >= 11 is 0. The molecular weight excluding hydrogens is 346 g/mol. The third kappa shape index (κ3) is 3.80. The topological polar surface area (TPSA) is 64.0 Å². The quantitative estimate of drug-likeness (QED) is 0.746. The van der Waals surface area contributed by atoms with Gasteiger partial charge in [0.1, 0.15) is 0 Å². The Kier molecular flexibility index (Phi) is 4.63. The molecule has 0 fully saturated rings. The highest BCUT2D eigenvalue weighted by Gasteiger charge is 2.22. The first-order valence-electron chi connectivity index (χ1n) is 8.42. The van der Waals surface area contributed by atoms with Gasteiger partial charge in [-0.1, -0.05) is 51.1 Å². The third-order valence-electron chi connectivity index (χ3n) is 4.19. The highest BCUT2D eigenvalue weighted by atomic mass is 32.2. The van der Waals surface area contributed by atoms with Crippen LogP contribution in [-0.2, 0) is 15.4 Å². The van der Waals surface area contributed by atoms with Crippen LogP contribution in [0.4, 0.5) is 5.82 Å². The van der Waals surface area contributed by atoms with E-state index in [1.807, 2.05) is 42.5 Å². The molecule has 0 atom stereocenters. The van der Waals surface area contributed by atoms with E-state index in [4.69, 9.17) is 0 Å². The largest absolute Gasteiger partial charge is 0.263 e. The number of para-hydroxylation sites is 1. The van der Waals surface area contributed by atoms with Crippen molar-refractivity contribution in [2.24, 2.45) is 0 Å². The number of nitrogens with zero attached hydrogens (tertiary/aromatic N) is 2. The summed E-state index contributed by atoms with van der Waals surface area (Å²) in [5, 5.41) is 4.32. The van der Waals surface area contributed by atoms with Crippen LogP contribution >= 0.6 is 0 Å². The molecule has 26 heavy (non-hydrogen) atoms. The first kappa shape index (κ1) is 18.2. The van der Waals surface area contributed by atoms with E-state index in [0.29, 0.717) is 5.56 Å². The van der Waals surface area contributed by atoms with Crippen molar-refractivity contribution >= 4 is 15.8 Å². The van der Waals surface area contributed by atoms with Crippen LogP contribution in [0.3, 0.4) is 0 Å². The monoisotopic (exact) mass is 369 g/mol. The number of aryl methyl sites for hydroxylation is 1. The van der Waals surface area contributed by atoms with E-state index < -0.39 is 10.0 Å². The van der Waals surface area contributed by atoms with Crippen molar-refractivity contribution in [2.75, 3.05) is 4.72 Å². The number of hydrogen-bond acceptors (Lipinski definition) is 3. The molecule has 2 aromatic carbocycles. The molecule has 1 aromatic heterocycles. The number of benzene rings is 2. The Labute approximate surface area is 154 Å². The van der Waals surface area contributed by atoms with Crippen LogP contribution in [0.25, 0.3) is 5.69 Å². The summed E-state index contributed by atoms with van der Waals surface area (Å²) in [4.78, 5) is 0.277. The SMILES string of the molecule is Cc1ccc(C(C)(C)C)cc1S(=O)(=O)Nc1ccn(-c2ccccc2)n1. The van der Waals surface area contributed by atoms with Crippen molar-refractivity contribution in [3.63, 3.8) is 0 Å². The second kappa shape index (κ2) is 6.61. The Morgan fingerprint density at radius 2 is 1.69 bits per heavy atom. The molecule has 0 bridgehead atoms. The van der Waals surface area contributed by atoms with Crippen molar-refractivity contribution in [3.8, 4) is 5.69 Å². The molecule has 5 nitrogen and oxygen atoms in total. The number of anilines is 1. The first-order chi connectivity index (χ1) is 12.2. The van der Waals surface area contributed by atoms with Crippen molar-refractivity contribution in [1.29, 1.82) is 0 Å². The minimum atomic E-state index is -3.72. The molecule has 1 heterocycles. The van der Waals surface area contributed by atoms with Crippen LogP contribution in [0.5, 0.6) is 0 Å². The molecule has 0 saturated carbocycles. The Bertz CT molecular complexity index is 1020. The van der Waals surface area contributed by atoms with Crippen LogP contribution < -0.4 is 4.72 Å². The van der Waals surface area contributed by atoms with Gasteiger partial charge in [-0.05, 0) is 41.7 Å². The average Bonchev–Trinajstić information content (AvgIpc) is 3.02. The molecule has 0 spiro atoms. The van der Waals surface area contributed by atoms with E-state index in [0.717, 1.165) is 11.3 Å². The first-order valence-corrected chi connectivity index (χ1v) is 9.90. The zero-order chi connectivity index (χ0) is 18.9. The maximum atomic E-state index is 12.9. The number of rotatable bonds is 4. The molecule has 136 valence electrons. The molecule has 1 N–H and O–H groups in total. The van der Waals surface area contributed by atoms with Gasteiger partial charge in [0.05, 0.1) is 10.6 Å². The summed E-state index contributed by atoms with van der Waals surface area (Å²) < 4.78 is 30.0. The zero-order valence-electron chi connectivity index (χ0n) is 15.4. The fourth-order valence-electron chi connectivity index (χ4n) is 2.65. The predicted octanol–water partition coefficient (Wildman–Crippen LogP) is 4.28. The van der Waals surface area contributed by atoms with Gasteiger partial charge in [0, 0.05) is 12.3 Å². The Morgan fingerprint density at radius 3 is 2.35 bits per heavy atom. The van der Waals surface area contributed by atoms with Crippen LogP contribution in [-0.4, -0.2) is 18.2 Å². The lowest BCUT2D eigenvalue weighted by Gasteiger charge is -2.20. The van der Waals surface area contributed by atoms with Gasteiger partial charge in [-0.25, -0.2) is 13.1 Å². The van der Waals surface area contributed by atoms with Gasteiger partial charge in [0.2, 0.25) is 0 Å². The van der Waals surface area contributed by atoms with E-state index in [2.05, 4.69) is 30.6 Å². The molecule has 0 amide bonds. The lowest BCUT2D eigenvalue weighted by molar-refractivity contribution is 0.584. The van der Waals surface area contributed by atoms with Crippen molar-refractivity contribution in [3.05, 3.63) is 71.9 Å². The van der Waals surface area contributed by atoms with Crippen LogP contribution in [0.1, 0.15) is 31.9 Å². The minimum Gasteiger partial charge on any atom is -0.262 e. The molecule has 3 rings (SSSR count). The highest BCUT2D eigenvalue weighted by molar-refractivity contribution is 7.92. The van der Waals surface area contributed by atoms with Gasteiger partial charge >= 0.3 is 0 Å². The van der Waals surface area contributed by atoms with Crippen molar-refractivity contribution in [2.45, 2.75) is 38.0 Å². The average molecular weight is 369 g/mol.